The molecule has 0 atom stereocenters. The number of fused-ring (bicyclic) bond motifs is 3. The lowest BCUT2D eigenvalue weighted by Gasteiger charge is -2.25. The first-order valence-electron chi connectivity index (χ1n) is 7.63. The number of para-hydroxylation sites is 2. The number of ether oxygens (including phenoxy) is 1. The Morgan fingerprint density at radius 1 is 1.00 bits per heavy atom. The van der Waals surface area contributed by atoms with Crippen molar-refractivity contribution in [2.45, 2.75) is 0 Å². The van der Waals surface area contributed by atoms with Crippen molar-refractivity contribution in [2.75, 3.05) is 4.90 Å². The number of ketones is 2. The van der Waals surface area contributed by atoms with Gasteiger partial charge in [-0.3, -0.25) is 29.4 Å². The van der Waals surface area contributed by atoms with Crippen LogP contribution in [0.2, 0.25) is 0 Å². The topological polar surface area (TPSA) is 124 Å². The number of benzene rings is 2. The van der Waals surface area contributed by atoms with Crippen LogP contribution < -0.4 is 9.64 Å². The first kappa shape index (κ1) is 16.3. The predicted octanol–water partition coefficient (Wildman–Crippen LogP) is 1.57. The number of anilines is 1. The number of nitro groups is 1. The Bertz CT molecular complexity index is 1100. The number of nitrogens with zero attached hydrogens (tertiary/aromatic N) is 2. The lowest BCUT2D eigenvalue weighted by molar-refractivity contribution is -0.384. The van der Waals surface area contributed by atoms with Gasteiger partial charge in [-0.25, -0.2) is 4.79 Å². The van der Waals surface area contributed by atoms with Crippen molar-refractivity contribution in [3.63, 3.8) is 0 Å². The largest absolute Gasteiger partial charge is 0.420 e. The highest BCUT2D eigenvalue weighted by atomic mass is 16.6. The number of hydrogen-bond donors (Lipinski definition) is 0. The summed E-state index contributed by atoms with van der Waals surface area (Å²) in [5.41, 5.74) is -1.21. The van der Waals surface area contributed by atoms with E-state index in [2.05, 4.69) is 0 Å². The maximum Gasteiger partial charge on any atom is 0.361 e. The van der Waals surface area contributed by atoms with Crippen molar-refractivity contribution in [3.05, 3.63) is 75.5 Å². The van der Waals surface area contributed by atoms with Crippen molar-refractivity contribution >= 4 is 34.8 Å². The van der Waals surface area contributed by atoms with Crippen LogP contribution in [0.4, 0.5) is 11.4 Å². The summed E-state index contributed by atoms with van der Waals surface area (Å²) in [6.07, 6.45) is 0. The van der Waals surface area contributed by atoms with Gasteiger partial charge in [0.05, 0.1) is 10.6 Å². The number of rotatable bonds is 3. The van der Waals surface area contributed by atoms with Crippen LogP contribution in [0.3, 0.4) is 0 Å². The fraction of sp³-hybridized carbons (Fsp3) is 0. The number of esters is 1. The van der Waals surface area contributed by atoms with Gasteiger partial charge in [0.25, 0.3) is 11.5 Å². The maximum atomic E-state index is 12.8. The molecular formula is C18H8N2O7. The van der Waals surface area contributed by atoms with E-state index >= 15 is 0 Å². The highest BCUT2D eigenvalue weighted by molar-refractivity contribution is 6.59. The minimum Gasteiger partial charge on any atom is -0.420 e. The molecule has 0 radical (unpaired) electrons. The number of nitro benzene ring substituents is 1. The molecule has 0 spiro atoms. The molecule has 2 aromatic carbocycles. The summed E-state index contributed by atoms with van der Waals surface area (Å²) < 4.78 is 5.12. The normalized spacial score (nSPS) is 15.4. The Labute approximate surface area is 150 Å². The summed E-state index contributed by atoms with van der Waals surface area (Å²) in [5.74, 6) is -3.98. The van der Waals surface area contributed by atoms with Crippen molar-refractivity contribution in [1.82, 2.24) is 0 Å². The van der Waals surface area contributed by atoms with E-state index in [1.807, 2.05) is 0 Å². The van der Waals surface area contributed by atoms with E-state index in [1.54, 1.807) is 12.1 Å². The average Bonchev–Trinajstić information content (AvgIpc) is 2.93. The third kappa shape index (κ3) is 2.33. The molecule has 0 unspecified atom stereocenters. The van der Waals surface area contributed by atoms with Crippen LogP contribution in [0, 0.1) is 10.1 Å². The zero-order valence-corrected chi connectivity index (χ0v) is 13.4. The van der Waals surface area contributed by atoms with Gasteiger partial charge in [0.2, 0.25) is 0 Å². The monoisotopic (exact) mass is 364 g/mol. The third-order valence-corrected chi connectivity index (χ3v) is 4.15. The molecule has 1 amide bonds. The highest BCUT2D eigenvalue weighted by Gasteiger charge is 2.49. The van der Waals surface area contributed by atoms with E-state index in [0.717, 1.165) is 29.2 Å². The zero-order valence-electron chi connectivity index (χ0n) is 13.4. The third-order valence-electron chi connectivity index (χ3n) is 4.15. The van der Waals surface area contributed by atoms with Crippen molar-refractivity contribution < 1.29 is 28.8 Å². The quantitative estimate of drug-likeness (QED) is 0.154. The molecule has 132 valence electrons. The fourth-order valence-electron chi connectivity index (χ4n) is 2.92. The molecule has 2 aromatic rings. The molecular weight excluding hydrogens is 356 g/mol. The van der Waals surface area contributed by atoms with E-state index < -0.39 is 39.6 Å². The van der Waals surface area contributed by atoms with Crippen molar-refractivity contribution in [2.24, 2.45) is 0 Å². The van der Waals surface area contributed by atoms with Crippen LogP contribution >= 0.6 is 0 Å². The number of carbonyl (C=O) groups excluding carboxylic acids is 4. The molecule has 9 nitrogen and oxygen atoms in total. The molecule has 0 saturated carbocycles. The van der Waals surface area contributed by atoms with Crippen LogP contribution in [0.15, 0.2) is 59.8 Å². The highest BCUT2D eigenvalue weighted by Crippen LogP contribution is 2.40. The lowest BCUT2D eigenvalue weighted by atomic mass is 9.99. The lowest BCUT2D eigenvalue weighted by Crippen LogP contribution is -2.36. The number of hydrogen-bond acceptors (Lipinski definition) is 7. The number of carbonyl (C=O) groups is 4. The Kier molecular flexibility index (Phi) is 3.45. The van der Waals surface area contributed by atoms with Gasteiger partial charge in [0, 0.05) is 17.7 Å². The second-order valence-corrected chi connectivity index (χ2v) is 5.68. The smallest absolute Gasteiger partial charge is 0.361 e. The summed E-state index contributed by atoms with van der Waals surface area (Å²) in [6.45, 7) is 0. The predicted molar refractivity (Wildman–Crippen MR) is 89.0 cm³/mol. The molecule has 2 aliphatic rings. The van der Waals surface area contributed by atoms with Crippen molar-refractivity contribution in [1.29, 1.82) is 0 Å². The number of amides is 1. The van der Waals surface area contributed by atoms with Gasteiger partial charge in [-0.05, 0) is 24.3 Å². The molecule has 0 saturated heterocycles. The molecule has 0 aliphatic carbocycles. The van der Waals surface area contributed by atoms with Gasteiger partial charge in [-0.1, -0.05) is 12.1 Å². The zero-order chi connectivity index (χ0) is 19.3. The van der Waals surface area contributed by atoms with Crippen LogP contribution in [0.25, 0.3) is 0 Å². The second-order valence-electron chi connectivity index (χ2n) is 5.68. The molecule has 0 bridgehead atoms. The van der Waals surface area contributed by atoms with Gasteiger partial charge in [0.15, 0.2) is 17.2 Å². The summed E-state index contributed by atoms with van der Waals surface area (Å²) >= 11 is 0. The van der Waals surface area contributed by atoms with Gasteiger partial charge in [0.1, 0.15) is 5.57 Å². The first-order chi connectivity index (χ1) is 12.9. The van der Waals surface area contributed by atoms with Crippen LogP contribution in [-0.4, -0.2) is 28.4 Å². The van der Waals surface area contributed by atoms with Gasteiger partial charge >= 0.3 is 11.9 Å². The molecule has 2 aliphatic heterocycles. The molecule has 0 fully saturated rings. The standard InChI is InChI=1S/C18H8N2O7/c21-15(9-5-7-10(8-6-9)20(25)26)13-14-18(24)27-12-4-2-1-3-11(12)19(14)17(23)16(13)22/h1-8H. The van der Waals surface area contributed by atoms with Crippen LogP contribution in [-0.2, 0) is 14.4 Å². The van der Waals surface area contributed by atoms with E-state index in [-0.39, 0.29) is 22.7 Å². The van der Waals surface area contributed by atoms with E-state index in [4.69, 9.17) is 4.74 Å². The summed E-state index contributed by atoms with van der Waals surface area (Å²) in [5, 5.41) is 10.7. The van der Waals surface area contributed by atoms with Crippen LogP contribution in [0.5, 0.6) is 5.75 Å². The molecule has 0 aromatic heterocycles. The summed E-state index contributed by atoms with van der Waals surface area (Å²) in [6, 6.07) is 10.6. The van der Waals surface area contributed by atoms with E-state index in [9.17, 15) is 29.3 Å². The summed E-state index contributed by atoms with van der Waals surface area (Å²) in [7, 11) is 0. The Hall–Kier alpha value is -4.14. The maximum absolute atomic E-state index is 12.8. The molecule has 4 rings (SSSR count). The summed E-state index contributed by atoms with van der Waals surface area (Å²) in [4.78, 5) is 60.9. The Balaban J connectivity index is 1.84. The minimum absolute atomic E-state index is 0.0715. The fourth-order valence-corrected chi connectivity index (χ4v) is 2.92. The Morgan fingerprint density at radius 2 is 1.67 bits per heavy atom. The van der Waals surface area contributed by atoms with Gasteiger partial charge in [-0.15, -0.1) is 0 Å². The molecule has 2 heterocycles. The molecule has 27 heavy (non-hydrogen) atoms. The van der Waals surface area contributed by atoms with Gasteiger partial charge in [-0.2, -0.15) is 0 Å². The average molecular weight is 364 g/mol. The van der Waals surface area contributed by atoms with Gasteiger partial charge < -0.3 is 4.74 Å². The number of Topliss-reactive ketones (excluding diaryl/α,β-unsaturated/α-hetero) is 2. The van der Waals surface area contributed by atoms with Crippen molar-refractivity contribution in [3.8, 4) is 5.75 Å². The Morgan fingerprint density at radius 3 is 2.33 bits per heavy atom. The van der Waals surface area contributed by atoms with E-state index in [0.29, 0.717) is 0 Å². The molecule has 9 heteroatoms. The SMILES string of the molecule is O=C1Oc2ccccc2N2C(=O)C(=O)C(C(=O)c3ccc([N+](=O)[O-])cc3)=C12. The second kappa shape index (κ2) is 5.70. The van der Waals surface area contributed by atoms with E-state index in [1.165, 1.54) is 12.1 Å². The minimum atomic E-state index is -1.14. The van der Waals surface area contributed by atoms with Crippen LogP contribution in [0.1, 0.15) is 10.4 Å². The first-order valence-corrected chi connectivity index (χ1v) is 7.63. The number of non-ortho nitro benzene ring substituents is 1. The molecule has 0 N–H and O–H groups in total.